The third kappa shape index (κ3) is 6.96. The van der Waals surface area contributed by atoms with Gasteiger partial charge in [0.05, 0.1) is 0 Å². The van der Waals surface area contributed by atoms with E-state index in [1.165, 1.54) is 0 Å². The molecule has 1 aromatic rings. The molecule has 2 atom stereocenters. The molecule has 0 aliphatic heterocycles. The van der Waals surface area contributed by atoms with Crippen LogP contribution in [0.3, 0.4) is 0 Å². The number of carbonyl (C=O) groups is 2. The highest BCUT2D eigenvalue weighted by molar-refractivity contribution is 9.10. The van der Waals surface area contributed by atoms with Gasteiger partial charge in [0.25, 0.3) is 0 Å². The van der Waals surface area contributed by atoms with Crippen molar-refractivity contribution in [2.75, 3.05) is 13.6 Å². The van der Waals surface area contributed by atoms with Crippen LogP contribution in [0.4, 0.5) is 0 Å². The molecule has 1 saturated carbocycles. The second kappa shape index (κ2) is 10.8. The van der Waals surface area contributed by atoms with E-state index in [0.29, 0.717) is 19.5 Å². The van der Waals surface area contributed by atoms with Gasteiger partial charge in [-0.3, -0.25) is 9.59 Å². The van der Waals surface area contributed by atoms with Gasteiger partial charge in [0.15, 0.2) is 0 Å². The Labute approximate surface area is 164 Å². The van der Waals surface area contributed by atoms with Crippen molar-refractivity contribution in [3.05, 3.63) is 34.3 Å². The van der Waals surface area contributed by atoms with Crippen molar-refractivity contribution >= 4 is 40.2 Å². The highest BCUT2D eigenvalue weighted by atomic mass is 79.9. The van der Waals surface area contributed by atoms with Crippen LogP contribution in [-0.2, 0) is 16.1 Å². The van der Waals surface area contributed by atoms with Crippen molar-refractivity contribution in [3.8, 4) is 0 Å². The summed E-state index contributed by atoms with van der Waals surface area (Å²) in [4.78, 5) is 26.0. The van der Waals surface area contributed by atoms with Crippen LogP contribution in [0.15, 0.2) is 28.7 Å². The van der Waals surface area contributed by atoms with E-state index in [1.54, 1.807) is 11.9 Å². The molecule has 5 nitrogen and oxygen atoms in total. The fourth-order valence-electron chi connectivity index (χ4n) is 3.06. The number of carbonyl (C=O) groups excluding carboxylic acids is 2. The van der Waals surface area contributed by atoms with Gasteiger partial charge in [-0.1, -0.05) is 40.5 Å². The van der Waals surface area contributed by atoms with E-state index >= 15 is 0 Å². The molecule has 25 heavy (non-hydrogen) atoms. The molecule has 0 aromatic heterocycles. The summed E-state index contributed by atoms with van der Waals surface area (Å²) in [6, 6.07) is 7.98. The van der Waals surface area contributed by atoms with Crippen molar-refractivity contribution in [2.45, 2.75) is 44.7 Å². The monoisotopic (exact) mass is 431 g/mol. The molecule has 2 unspecified atom stereocenters. The number of nitrogens with zero attached hydrogens (tertiary/aromatic N) is 1. The first-order valence-corrected chi connectivity index (χ1v) is 9.27. The Balaban J connectivity index is 0.00000312. The Morgan fingerprint density at radius 3 is 2.72 bits per heavy atom. The predicted octanol–water partition coefficient (Wildman–Crippen LogP) is 2.85. The number of amides is 2. The SMILES string of the molecule is CN(Cc1ccccc1Br)C(=O)CCNC(=O)C1CCCC(N)C1.Cl. The van der Waals surface area contributed by atoms with E-state index in [4.69, 9.17) is 5.73 Å². The third-order valence-electron chi connectivity index (χ3n) is 4.51. The van der Waals surface area contributed by atoms with Gasteiger partial charge in [0, 0.05) is 43.0 Å². The minimum absolute atomic E-state index is 0. The van der Waals surface area contributed by atoms with Crippen LogP contribution in [0.1, 0.15) is 37.7 Å². The van der Waals surface area contributed by atoms with Crippen molar-refractivity contribution in [1.29, 1.82) is 0 Å². The third-order valence-corrected chi connectivity index (χ3v) is 5.29. The molecule has 0 radical (unpaired) electrons. The molecule has 1 fully saturated rings. The van der Waals surface area contributed by atoms with Gasteiger partial charge in [0.1, 0.15) is 0 Å². The quantitative estimate of drug-likeness (QED) is 0.726. The fraction of sp³-hybridized carbons (Fsp3) is 0.556. The topological polar surface area (TPSA) is 75.4 Å². The maximum Gasteiger partial charge on any atom is 0.224 e. The molecule has 0 spiro atoms. The Kier molecular flexibility index (Phi) is 9.46. The molecule has 2 rings (SSSR count). The fourth-order valence-corrected chi connectivity index (χ4v) is 3.47. The summed E-state index contributed by atoms with van der Waals surface area (Å²) in [5.41, 5.74) is 6.98. The summed E-state index contributed by atoms with van der Waals surface area (Å²) in [7, 11) is 1.78. The highest BCUT2D eigenvalue weighted by Crippen LogP contribution is 2.23. The minimum atomic E-state index is 0. The molecule has 140 valence electrons. The van der Waals surface area contributed by atoms with Crippen LogP contribution in [0, 0.1) is 5.92 Å². The number of halogens is 2. The van der Waals surface area contributed by atoms with Gasteiger partial charge < -0.3 is 16.0 Å². The van der Waals surface area contributed by atoms with Crippen LogP contribution in [0.25, 0.3) is 0 Å². The molecule has 0 bridgehead atoms. The Bertz CT molecular complexity index is 585. The van der Waals surface area contributed by atoms with Crippen molar-refractivity contribution in [3.63, 3.8) is 0 Å². The van der Waals surface area contributed by atoms with Crippen molar-refractivity contribution in [2.24, 2.45) is 11.7 Å². The molecule has 2 amide bonds. The van der Waals surface area contributed by atoms with Crippen LogP contribution in [0.2, 0.25) is 0 Å². The van der Waals surface area contributed by atoms with Gasteiger partial charge in [0.2, 0.25) is 11.8 Å². The molecular formula is C18H27BrClN3O2. The normalized spacial score (nSPS) is 19.6. The standard InChI is InChI=1S/C18H26BrN3O2.ClH/c1-22(12-14-5-2-3-8-16(14)19)17(23)9-10-21-18(24)13-6-4-7-15(20)11-13;/h2-3,5,8,13,15H,4,6-7,9-12,20H2,1H3,(H,21,24);1H. The average Bonchev–Trinajstić information content (AvgIpc) is 2.56. The molecule has 1 aliphatic carbocycles. The summed E-state index contributed by atoms with van der Waals surface area (Å²) in [5, 5.41) is 2.88. The second-order valence-corrected chi connectivity index (χ2v) is 7.36. The zero-order valence-corrected chi connectivity index (χ0v) is 16.9. The first kappa shape index (κ1) is 21.9. The molecule has 1 aromatic carbocycles. The number of hydrogen-bond donors (Lipinski definition) is 2. The number of nitrogens with one attached hydrogen (secondary N) is 1. The Hall–Kier alpha value is -1.11. The lowest BCUT2D eigenvalue weighted by Gasteiger charge is -2.25. The highest BCUT2D eigenvalue weighted by Gasteiger charge is 2.25. The molecule has 0 saturated heterocycles. The number of hydrogen-bond acceptors (Lipinski definition) is 3. The lowest BCUT2D eigenvalue weighted by Crippen LogP contribution is -2.39. The Morgan fingerprint density at radius 1 is 1.32 bits per heavy atom. The van der Waals surface area contributed by atoms with E-state index < -0.39 is 0 Å². The maximum absolute atomic E-state index is 12.2. The van der Waals surface area contributed by atoms with Gasteiger partial charge >= 0.3 is 0 Å². The van der Waals surface area contributed by atoms with E-state index in [2.05, 4.69) is 21.2 Å². The molecule has 1 aliphatic rings. The van der Waals surface area contributed by atoms with E-state index in [-0.39, 0.29) is 36.2 Å². The number of nitrogens with two attached hydrogens (primary N) is 1. The summed E-state index contributed by atoms with van der Waals surface area (Å²) in [6.07, 6.45) is 3.97. The Morgan fingerprint density at radius 2 is 2.04 bits per heavy atom. The largest absolute Gasteiger partial charge is 0.355 e. The van der Waals surface area contributed by atoms with Crippen LogP contribution in [-0.4, -0.2) is 36.3 Å². The van der Waals surface area contributed by atoms with E-state index in [1.807, 2.05) is 24.3 Å². The number of benzene rings is 1. The minimum Gasteiger partial charge on any atom is -0.355 e. The summed E-state index contributed by atoms with van der Waals surface area (Å²) >= 11 is 3.49. The smallest absolute Gasteiger partial charge is 0.224 e. The van der Waals surface area contributed by atoms with Gasteiger partial charge in [-0.25, -0.2) is 0 Å². The molecule has 0 heterocycles. The predicted molar refractivity (Wildman–Crippen MR) is 105 cm³/mol. The van der Waals surface area contributed by atoms with Crippen molar-refractivity contribution < 1.29 is 9.59 Å². The first-order valence-electron chi connectivity index (χ1n) is 8.48. The van der Waals surface area contributed by atoms with Gasteiger partial charge in [-0.15, -0.1) is 12.4 Å². The zero-order chi connectivity index (χ0) is 17.5. The summed E-state index contributed by atoms with van der Waals surface area (Å²) in [5.74, 6) is 0.0552. The average molecular weight is 433 g/mol. The first-order chi connectivity index (χ1) is 11.5. The van der Waals surface area contributed by atoms with Gasteiger partial charge in [-0.05, 0) is 30.9 Å². The lowest BCUT2D eigenvalue weighted by molar-refractivity contribution is -0.130. The summed E-state index contributed by atoms with van der Waals surface area (Å²) < 4.78 is 0.992. The van der Waals surface area contributed by atoms with E-state index in [0.717, 1.165) is 35.7 Å². The zero-order valence-electron chi connectivity index (χ0n) is 14.5. The maximum atomic E-state index is 12.2. The van der Waals surface area contributed by atoms with E-state index in [9.17, 15) is 9.59 Å². The number of rotatable bonds is 6. The van der Waals surface area contributed by atoms with Crippen LogP contribution >= 0.6 is 28.3 Å². The lowest BCUT2D eigenvalue weighted by atomic mass is 9.85. The van der Waals surface area contributed by atoms with Crippen molar-refractivity contribution in [1.82, 2.24) is 10.2 Å². The summed E-state index contributed by atoms with van der Waals surface area (Å²) in [6.45, 7) is 0.926. The molecular weight excluding hydrogens is 406 g/mol. The molecule has 3 N–H and O–H groups in total. The second-order valence-electron chi connectivity index (χ2n) is 6.51. The molecule has 7 heteroatoms. The van der Waals surface area contributed by atoms with Crippen LogP contribution < -0.4 is 11.1 Å². The van der Waals surface area contributed by atoms with Crippen LogP contribution in [0.5, 0.6) is 0 Å². The van der Waals surface area contributed by atoms with Gasteiger partial charge in [-0.2, -0.15) is 0 Å².